The van der Waals surface area contributed by atoms with Gasteiger partial charge in [0, 0.05) is 12.3 Å². The summed E-state index contributed by atoms with van der Waals surface area (Å²) in [6.45, 7) is 3.61. The largest absolute Gasteiger partial charge is 0.485 e. The van der Waals surface area contributed by atoms with Crippen LogP contribution in [0.3, 0.4) is 0 Å². The van der Waals surface area contributed by atoms with Crippen molar-refractivity contribution in [2.45, 2.75) is 32.7 Å². The molecule has 0 aromatic carbocycles. The average molecular weight is 450 g/mol. The number of rotatable bonds is 6. The van der Waals surface area contributed by atoms with Gasteiger partial charge >= 0.3 is 0 Å². The van der Waals surface area contributed by atoms with Crippen LogP contribution in [0.1, 0.15) is 11.5 Å². The zero-order chi connectivity index (χ0) is 22.1. The van der Waals surface area contributed by atoms with Crippen molar-refractivity contribution in [3.8, 4) is 17.0 Å². The summed E-state index contributed by atoms with van der Waals surface area (Å²) in [5.41, 5.74) is 1.90. The number of hydrogen-bond acceptors (Lipinski definition) is 8. The first-order chi connectivity index (χ1) is 14.9. The molecule has 0 spiro atoms. The van der Waals surface area contributed by atoms with Gasteiger partial charge in [0.15, 0.2) is 6.17 Å². The van der Waals surface area contributed by atoms with Crippen LogP contribution in [0.2, 0.25) is 5.02 Å². The second-order valence-corrected chi connectivity index (χ2v) is 7.63. The minimum Gasteiger partial charge on any atom is -0.485 e. The molecular formula is C20H21ClFN5O4. The van der Waals surface area contributed by atoms with Gasteiger partial charge in [-0.15, -0.1) is 0 Å². The predicted octanol–water partition coefficient (Wildman–Crippen LogP) is 2.16. The standard InChI is InChI=1S/C20H21ClFN5O4/c1-11-18(12(2)31-25-11)15-7-13(3-4-23-15)30-17-10-26(9-14(17)22)16-8-24-27(5-6-28)20(29)19(16)21/h3-4,7-8,14,17,28H,5-6,9-10H2,1-2H3/t14-,17-/m0/s1. The van der Waals surface area contributed by atoms with Gasteiger partial charge in [0.05, 0.1) is 55.1 Å². The third kappa shape index (κ3) is 4.13. The molecular weight excluding hydrogens is 429 g/mol. The number of aryl methyl sites for hydroxylation is 2. The fourth-order valence-corrected chi connectivity index (χ4v) is 3.88. The van der Waals surface area contributed by atoms with Gasteiger partial charge in [0.2, 0.25) is 0 Å². The van der Waals surface area contributed by atoms with Crippen molar-refractivity contribution in [2.24, 2.45) is 0 Å². The highest BCUT2D eigenvalue weighted by atomic mass is 35.5. The Hall–Kier alpha value is -2.98. The lowest BCUT2D eigenvalue weighted by Crippen LogP contribution is -2.30. The van der Waals surface area contributed by atoms with Gasteiger partial charge in [-0.05, 0) is 19.9 Å². The number of hydrogen-bond donors (Lipinski definition) is 1. The molecule has 11 heteroatoms. The van der Waals surface area contributed by atoms with Crippen LogP contribution in [-0.4, -0.2) is 57.0 Å². The van der Waals surface area contributed by atoms with Crippen LogP contribution in [-0.2, 0) is 6.54 Å². The van der Waals surface area contributed by atoms with E-state index in [9.17, 15) is 9.18 Å². The van der Waals surface area contributed by atoms with E-state index in [1.807, 2.05) is 6.92 Å². The van der Waals surface area contributed by atoms with E-state index in [2.05, 4.69) is 15.2 Å². The number of ether oxygens (including phenoxy) is 1. The molecule has 4 rings (SSSR count). The fourth-order valence-electron chi connectivity index (χ4n) is 3.62. The van der Waals surface area contributed by atoms with Crippen LogP contribution in [0.4, 0.5) is 10.1 Å². The normalized spacial score (nSPS) is 18.5. The molecule has 0 unspecified atom stereocenters. The lowest BCUT2D eigenvalue weighted by atomic mass is 10.1. The van der Waals surface area contributed by atoms with E-state index in [1.165, 1.54) is 6.20 Å². The molecule has 1 saturated heterocycles. The maximum atomic E-state index is 14.8. The molecule has 4 heterocycles. The molecule has 0 bridgehead atoms. The molecule has 164 valence electrons. The second-order valence-electron chi connectivity index (χ2n) is 7.25. The average Bonchev–Trinajstić information content (AvgIpc) is 3.27. The van der Waals surface area contributed by atoms with Crippen LogP contribution >= 0.6 is 11.6 Å². The molecule has 0 amide bonds. The zero-order valence-electron chi connectivity index (χ0n) is 17.0. The van der Waals surface area contributed by atoms with Crippen molar-refractivity contribution in [1.29, 1.82) is 0 Å². The van der Waals surface area contributed by atoms with E-state index in [0.717, 1.165) is 10.2 Å². The summed E-state index contributed by atoms with van der Waals surface area (Å²) in [4.78, 5) is 18.3. The summed E-state index contributed by atoms with van der Waals surface area (Å²) in [7, 11) is 0. The Kier molecular flexibility index (Phi) is 5.92. The minimum absolute atomic E-state index is 0.0112. The molecule has 1 fully saturated rings. The first-order valence-electron chi connectivity index (χ1n) is 9.70. The van der Waals surface area contributed by atoms with Crippen LogP contribution < -0.4 is 15.2 Å². The number of pyridine rings is 1. The summed E-state index contributed by atoms with van der Waals surface area (Å²) < 4.78 is 26.9. The smallest absolute Gasteiger partial charge is 0.287 e. The summed E-state index contributed by atoms with van der Waals surface area (Å²) in [5.74, 6) is 1.10. The first kappa shape index (κ1) is 21.3. The lowest BCUT2D eigenvalue weighted by Gasteiger charge is -2.19. The minimum atomic E-state index is -1.30. The highest BCUT2D eigenvalue weighted by Gasteiger charge is 2.36. The number of aromatic nitrogens is 4. The Morgan fingerprint density at radius 1 is 1.39 bits per heavy atom. The molecule has 31 heavy (non-hydrogen) atoms. The quantitative estimate of drug-likeness (QED) is 0.610. The van der Waals surface area contributed by atoms with Crippen molar-refractivity contribution < 1.29 is 18.8 Å². The van der Waals surface area contributed by atoms with E-state index in [-0.39, 0.29) is 31.3 Å². The third-order valence-corrected chi connectivity index (χ3v) is 5.48. The van der Waals surface area contributed by atoms with Crippen molar-refractivity contribution in [1.82, 2.24) is 19.9 Å². The molecule has 3 aromatic rings. The Labute approximate surface area is 182 Å². The highest BCUT2D eigenvalue weighted by Crippen LogP contribution is 2.31. The van der Waals surface area contributed by atoms with Crippen molar-refractivity contribution in [3.63, 3.8) is 0 Å². The van der Waals surface area contributed by atoms with E-state index in [0.29, 0.717) is 28.6 Å². The molecule has 1 aliphatic rings. The van der Waals surface area contributed by atoms with Gasteiger partial charge in [0.1, 0.15) is 22.6 Å². The van der Waals surface area contributed by atoms with Gasteiger partial charge in [-0.3, -0.25) is 9.78 Å². The SMILES string of the molecule is Cc1noc(C)c1-c1cc(O[C@H]2CN(c3cnn(CCO)c(=O)c3Cl)C[C@@H]2F)ccn1. The molecule has 0 aliphatic carbocycles. The lowest BCUT2D eigenvalue weighted by molar-refractivity contribution is 0.140. The third-order valence-electron chi connectivity index (χ3n) is 5.13. The van der Waals surface area contributed by atoms with E-state index >= 15 is 0 Å². The Morgan fingerprint density at radius 3 is 2.90 bits per heavy atom. The second kappa shape index (κ2) is 8.64. The molecule has 0 radical (unpaired) electrons. The molecule has 0 saturated carbocycles. The molecule has 3 aromatic heterocycles. The van der Waals surface area contributed by atoms with Crippen LogP contribution in [0.25, 0.3) is 11.3 Å². The number of anilines is 1. The number of alkyl halides is 1. The molecule has 1 N–H and O–H groups in total. The number of nitrogens with zero attached hydrogens (tertiary/aromatic N) is 5. The van der Waals surface area contributed by atoms with Crippen LogP contribution in [0.5, 0.6) is 5.75 Å². The zero-order valence-corrected chi connectivity index (χ0v) is 17.7. The van der Waals surface area contributed by atoms with Crippen molar-refractivity contribution in [2.75, 3.05) is 24.6 Å². The van der Waals surface area contributed by atoms with Gasteiger partial charge < -0.3 is 19.3 Å². The summed E-state index contributed by atoms with van der Waals surface area (Å²) in [6.07, 6.45) is 0.914. The molecule has 2 atom stereocenters. The Morgan fingerprint density at radius 2 is 2.19 bits per heavy atom. The van der Waals surface area contributed by atoms with Gasteiger partial charge in [-0.2, -0.15) is 5.10 Å². The molecule has 9 nitrogen and oxygen atoms in total. The Balaban J connectivity index is 1.53. The van der Waals surface area contributed by atoms with Gasteiger partial charge in [0.25, 0.3) is 5.56 Å². The maximum absolute atomic E-state index is 14.8. The van der Waals surface area contributed by atoms with Crippen LogP contribution in [0, 0.1) is 13.8 Å². The highest BCUT2D eigenvalue weighted by molar-refractivity contribution is 6.33. The number of aliphatic hydroxyl groups excluding tert-OH is 1. The maximum Gasteiger partial charge on any atom is 0.287 e. The summed E-state index contributed by atoms with van der Waals surface area (Å²) in [6, 6.07) is 3.37. The summed E-state index contributed by atoms with van der Waals surface area (Å²) >= 11 is 6.19. The fraction of sp³-hybridized carbons (Fsp3) is 0.400. The molecule has 1 aliphatic heterocycles. The van der Waals surface area contributed by atoms with Crippen molar-refractivity contribution >= 4 is 17.3 Å². The van der Waals surface area contributed by atoms with Gasteiger partial charge in [-0.25, -0.2) is 9.07 Å². The number of halogens is 2. The monoisotopic (exact) mass is 449 g/mol. The van der Waals surface area contributed by atoms with E-state index in [4.69, 9.17) is 26.0 Å². The number of aliphatic hydroxyl groups is 1. The predicted molar refractivity (Wildman–Crippen MR) is 111 cm³/mol. The summed E-state index contributed by atoms with van der Waals surface area (Å²) in [5, 5.41) is 16.9. The van der Waals surface area contributed by atoms with E-state index in [1.54, 1.807) is 30.2 Å². The van der Waals surface area contributed by atoms with Gasteiger partial charge in [-0.1, -0.05) is 16.8 Å². The van der Waals surface area contributed by atoms with Crippen LogP contribution in [0.15, 0.2) is 33.8 Å². The van der Waals surface area contributed by atoms with E-state index < -0.39 is 17.8 Å². The Bertz CT molecular complexity index is 1130. The topological polar surface area (TPSA) is 107 Å². The van der Waals surface area contributed by atoms with Crippen molar-refractivity contribution in [3.05, 3.63) is 51.4 Å². The first-order valence-corrected chi connectivity index (χ1v) is 10.1.